The van der Waals surface area contributed by atoms with Crippen LogP contribution in [0.15, 0.2) is 115 Å². The summed E-state index contributed by atoms with van der Waals surface area (Å²) in [5, 5.41) is 9.26. The molecule has 37 heavy (non-hydrogen) atoms. The maximum Gasteiger partial charge on any atom is 0.132 e. The van der Waals surface area contributed by atoms with Gasteiger partial charge in [-0.2, -0.15) is 5.26 Å². The third-order valence-corrected chi connectivity index (χ3v) is 8.25. The number of para-hydroxylation sites is 2. The zero-order chi connectivity index (χ0) is 25.2. The summed E-state index contributed by atoms with van der Waals surface area (Å²) in [5.41, 5.74) is 9.80. The van der Waals surface area contributed by atoms with Gasteiger partial charge in [-0.1, -0.05) is 98.8 Å². The first-order valence-corrected chi connectivity index (χ1v) is 12.7. The number of fused-ring (bicyclic) bond motifs is 8. The van der Waals surface area contributed by atoms with Crippen LogP contribution in [0.3, 0.4) is 0 Å². The minimum Gasteiger partial charge on any atom is -0.457 e. The van der Waals surface area contributed by atoms with Gasteiger partial charge in [0.25, 0.3) is 0 Å². The van der Waals surface area contributed by atoms with Crippen LogP contribution in [0.1, 0.15) is 52.8 Å². The fraction of sp³-hybridized carbons (Fsp3) is 0.114. The third kappa shape index (κ3) is 2.86. The average molecular weight is 476 g/mol. The van der Waals surface area contributed by atoms with E-state index in [-0.39, 0.29) is 5.41 Å². The van der Waals surface area contributed by atoms with E-state index in [9.17, 15) is 5.26 Å². The molecular formula is C35H25NO. The molecule has 0 radical (unpaired) electrons. The van der Waals surface area contributed by atoms with Gasteiger partial charge in [-0.05, 0) is 63.7 Å². The van der Waals surface area contributed by atoms with Gasteiger partial charge in [-0.15, -0.1) is 0 Å². The van der Waals surface area contributed by atoms with Gasteiger partial charge in [0.15, 0.2) is 0 Å². The average Bonchev–Trinajstić information content (AvgIpc) is 2.95. The molecule has 0 saturated carbocycles. The van der Waals surface area contributed by atoms with Crippen molar-refractivity contribution in [2.45, 2.75) is 24.7 Å². The van der Waals surface area contributed by atoms with Crippen molar-refractivity contribution in [1.29, 1.82) is 5.26 Å². The second-order valence-corrected chi connectivity index (χ2v) is 10.5. The summed E-state index contributed by atoms with van der Waals surface area (Å²) in [5.74, 6) is 1.80. The molecule has 7 rings (SSSR count). The van der Waals surface area contributed by atoms with Crippen molar-refractivity contribution >= 4 is 0 Å². The van der Waals surface area contributed by atoms with E-state index >= 15 is 0 Å². The monoisotopic (exact) mass is 475 g/mol. The summed E-state index contributed by atoms with van der Waals surface area (Å²) < 4.78 is 6.48. The molecule has 1 aliphatic heterocycles. The van der Waals surface area contributed by atoms with E-state index in [0.29, 0.717) is 5.56 Å². The minimum atomic E-state index is -0.490. The van der Waals surface area contributed by atoms with E-state index in [1.807, 2.05) is 36.4 Å². The molecule has 5 aromatic carbocycles. The highest BCUT2D eigenvalue weighted by atomic mass is 16.5. The fourth-order valence-electron chi connectivity index (χ4n) is 6.53. The Balaban J connectivity index is 1.60. The quantitative estimate of drug-likeness (QED) is 0.239. The van der Waals surface area contributed by atoms with E-state index < -0.39 is 5.41 Å². The van der Waals surface area contributed by atoms with Gasteiger partial charge in [0.1, 0.15) is 11.5 Å². The lowest BCUT2D eigenvalue weighted by Gasteiger charge is -2.50. The normalized spacial score (nSPS) is 15.4. The number of hydrogen-bond acceptors (Lipinski definition) is 2. The van der Waals surface area contributed by atoms with Gasteiger partial charge in [0.05, 0.1) is 17.0 Å². The highest BCUT2D eigenvalue weighted by molar-refractivity contribution is 5.77. The largest absolute Gasteiger partial charge is 0.457 e. The number of rotatable bonds is 1. The number of hydrogen-bond donors (Lipinski definition) is 0. The van der Waals surface area contributed by atoms with E-state index in [4.69, 9.17) is 4.74 Å². The summed E-state index contributed by atoms with van der Waals surface area (Å²) in [4.78, 5) is 0. The molecule has 1 spiro atoms. The lowest BCUT2D eigenvalue weighted by Crippen LogP contribution is -2.43. The van der Waals surface area contributed by atoms with Crippen LogP contribution >= 0.6 is 0 Å². The molecule has 0 atom stereocenters. The van der Waals surface area contributed by atoms with E-state index in [2.05, 4.69) is 98.8 Å². The Morgan fingerprint density at radius 2 is 1.05 bits per heavy atom. The van der Waals surface area contributed by atoms with Crippen molar-refractivity contribution in [3.63, 3.8) is 0 Å². The molecule has 5 aromatic rings. The maximum absolute atomic E-state index is 9.26. The summed E-state index contributed by atoms with van der Waals surface area (Å²) in [6.45, 7) is 4.66. The molecule has 2 nitrogen and oxygen atoms in total. The van der Waals surface area contributed by atoms with Crippen molar-refractivity contribution in [1.82, 2.24) is 0 Å². The summed E-state index contributed by atoms with van der Waals surface area (Å²) >= 11 is 0. The highest BCUT2D eigenvalue weighted by Crippen LogP contribution is 2.61. The van der Waals surface area contributed by atoms with Gasteiger partial charge < -0.3 is 4.74 Å². The number of ether oxygens (including phenoxy) is 1. The number of nitrogens with zero attached hydrogens (tertiary/aromatic N) is 1. The van der Waals surface area contributed by atoms with E-state index in [0.717, 1.165) is 22.6 Å². The van der Waals surface area contributed by atoms with Crippen LogP contribution < -0.4 is 4.74 Å². The molecule has 0 bridgehead atoms. The molecule has 0 amide bonds. The van der Waals surface area contributed by atoms with Crippen molar-refractivity contribution < 1.29 is 4.74 Å². The Kier molecular flexibility index (Phi) is 4.50. The van der Waals surface area contributed by atoms with Gasteiger partial charge in [0, 0.05) is 16.5 Å². The van der Waals surface area contributed by atoms with Gasteiger partial charge in [-0.25, -0.2) is 0 Å². The topological polar surface area (TPSA) is 33.0 Å². The molecule has 1 heterocycles. The summed E-state index contributed by atoms with van der Waals surface area (Å²) in [7, 11) is 0. The molecule has 176 valence electrons. The molecule has 1 aliphatic carbocycles. The minimum absolute atomic E-state index is 0.206. The first-order chi connectivity index (χ1) is 18.0. The second kappa shape index (κ2) is 7.69. The van der Waals surface area contributed by atoms with Crippen molar-refractivity contribution in [3.8, 4) is 28.7 Å². The zero-order valence-corrected chi connectivity index (χ0v) is 20.8. The molecule has 2 heteroatoms. The number of benzene rings is 5. The Bertz CT molecular complexity index is 1690. The van der Waals surface area contributed by atoms with E-state index in [1.165, 1.54) is 33.4 Å². The highest BCUT2D eigenvalue weighted by Gasteiger charge is 2.52. The van der Waals surface area contributed by atoms with Crippen LogP contribution in [0.4, 0.5) is 0 Å². The van der Waals surface area contributed by atoms with Crippen LogP contribution in [0.2, 0.25) is 0 Å². The Labute approximate surface area is 217 Å². The molecule has 2 aliphatic rings. The van der Waals surface area contributed by atoms with Crippen LogP contribution in [-0.2, 0) is 10.8 Å². The second-order valence-electron chi connectivity index (χ2n) is 10.5. The fourth-order valence-corrected chi connectivity index (χ4v) is 6.53. The van der Waals surface area contributed by atoms with Crippen LogP contribution in [-0.4, -0.2) is 0 Å². The molecule has 0 unspecified atom stereocenters. The van der Waals surface area contributed by atoms with Gasteiger partial charge >= 0.3 is 0 Å². The van der Waals surface area contributed by atoms with E-state index in [1.54, 1.807) is 0 Å². The SMILES string of the molecule is CC1(C)c2ccccc2C2(c3ccccc3Oc3ccccc32)c2ccc(-c3ccc(C#N)cc3)cc21. The van der Waals surface area contributed by atoms with Crippen LogP contribution in [0.25, 0.3) is 11.1 Å². The first-order valence-electron chi connectivity index (χ1n) is 12.7. The first kappa shape index (κ1) is 21.7. The van der Waals surface area contributed by atoms with Gasteiger partial charge in [-0.3, -0.25) is 0 Å². The molecule has 0 saturated heterocycles. The Morgan fingerprint density at radius 3 is 1.68 bits per heavy atom. The summed E-state index contributed by atoms with van der Waals surface area (Å²) in [6, 6.07) is 42.8. The van der Waals surface area contributed by atoms with Crippen molar-refractivity contribution in [2.24, 2.45) is 0 Å². The molecule has 0 fully saturated rings. The maximum atomic E-state index is 9.26. The third-order valence-electron chi connectivity index (χ3n) is 8.25. The lowest BCUT2D eigenvalue weighted by atomic mass is 9.53. The lowest BCUT2D eigenvalue weighted by molar-refractivity contribution is 0.425. The Morgan fingerprint density at radius 1 is 0.541 bits per heavy atom. The van der Waals surface area contributed by atoms with Crippen molar-refractivity contribution in [2.75, 3.05) is 0 Å². The molecule has 0 aromatic heterocycles. The predicted molar refractivity (Wildman–Crippen MR) is 147 cm³/mol. The van der Waals surface area contributed by atoms with Gasteiger partial charge in [0.2, 0.25) is 0 Å². The smallest absolute Gasteiger partial charge is 0.132 e. The Hall–Kier alpha value is -4.61. The standard InChI is InChI=1S/C35H25NO/c1-34(2)26-9-3-4-10-27(26)35(29-11-5-7-13-32(29)37-33-14-8-6-12-30(33)35)28-20-19-25(21-31(28)34)24-17-15-23(22-36)16-18-24/h3-21H,1-2H3. The molecular weight excluding hydrogens is 450 g/mol. The predicted octanol–water partition coefficient (Wildman–Crippen LogP) is 8.35. The summed E-state index contributed by atoms with van der Waals surface area (Å²) in [6.07, 6.45) is 0. The van der Waals surface area contributed by atoms with Crippen molar-refractivity contribution in [3.05, 3.63) is 154 Å². The van der Waals surface area contributed by atoms with Crippen LogP contribution in [0.5, 0.6) is 11.5 Å². The van der Waals surface area contributed by atoms with Crippen LogP contribution in [0, 0.1) is 11.3 Å². The zero-order valence-electron chi connectivity index (χ0n) is 20.8. The number of nitriles is 1. The molecule has 0 N–H and O–H groups in total.